The maximum absolute atomic E-state index is 13.5. The van der Waals surface area contributed by atoms with Crippen LogP contribution in [0.5, 0.6) is 0 Å². The fourth-order valence-corrected chi connectivity index (χ4v) is 1.89. The Morgan fingerprint density at radius 1 is 1.44 bits per heavy atom. The van der Waals surface area contributed by atoms with Crippen molar-refractivity contribution in [1.29, 1.82) is 0 Å². The van der Waals surface area contributed by atoms with Crippen molar-refractivity contribution >= 4 is 34.0 Å². The summed E-state index contributed by atoms with van der Waals surface area (Å²) in [5, 5.41) is 18.0. The highest BCUT2D eigenvalue weighted by Crippen LogP contribution is 2.26. The van der Waals surface area contributed by atoms with Gasteiger partial charge in [-0.3, -0.25) is 14.5 Å². The molecule has 0 bridgehead atoms. The first kappa shape index (κ1) is 10.8. The highest BCUT2D eigenvalue weighted by atomic mass is 35.5. The fraction of sp³-hybridized carbons (Fsp3) is 0. The van der Waals surface area contributed by atoms with Gasteiger partial charge in [-0.1, -0.05) is 11.6 Å². The molecule has 3 rings (SSSR count). The maximum atomic E-state index is 13.5. The van der Waals surface area contributed by atoms with Gasteiger partial charge in [0.1, 0.15) is 6.33 Å². The molecular formula is C9H3ClFN5O2. The number of nitrogens with zero attached hydrogens (tertiary/aromatic N) is 5. The summed E-state index contributed by atoms with van der Waals surface area (Å²) in [5.41, 5.74) is 0.110. The predicted molar refractivity (Wildman–Crippen MR) is 59.9 cm³/mol. The van der Waals surface area contributed by atoms with Crippen molar-refractivity contribution in [3.8, 4) is 0 Å². The van der Waals surface area contributed by atoms with Gasteiger partial charge in [-0.2, -0.15) is 4.39 Å². The average Bonchev–Trinajstić information content (AvgIpc) is 2.79. The molecule has 0 saturated heterocycles. The summed E-state index contributed by atoms with van der Waals surface area (Å²) in [5.74, 6) is -0.952. The SMILES string of the molecule is O=[N+]([O-])c1cc2nc(Cl)c3nncn3c2cc1F. The summed E-state index contributed by atoms with van der Waals surface area (Å²) < 4.78 is 15.0. The Morgan fingerprint density at radius 3 is 2.94 bits per heavy atom. The lowest BCUT2D eigenvalue weighted by atomic mass is 10.2. The number of aromatic nitrogens is 4. The Hall–Kier alpha value is -2.35. The smallest absolute Gasteiger partial charge is 0.277 e. The largest absolute Gasteiger partial charge is 0.307 e. The van der Waals surface area contributed by atoms with Gasteiger partial charge in [-0.05, 0) is 0 Å². The molecule has 0 aliphatic heterocycles. The molecular weight excluding hydrogens is 265 g/mol. The molecule has 0 aliphatic carbocycles. The minimum absolute atomic E-state index is 0.0425. The fourth-order valence-electron chi connectivity index (χ4n) is 1.67. The summed E-state index contributed by atoms with van der Waals surface area (Å²) in [7, 11) is 0. The molecule has 90 valence electrons. The third kappa shape index (κ3) is 1.39. The van der Waals surface area contributed by atoms with E-state index in [1.165, 1.54) is 10.7 Å². The lowest BCUT2D eigenvalue weighted by Crippen LogP contribution is -1.97. The monoisotopic (exact) mass is 267 g/mol. The minimum atomic E-state index is -0.952. The van der Waals surface area contributed by atoms with Gasteiger partial charge in [0.25, 0.3) is 0 Å². The summed E-state index contributed by atoms with van der Waals surface area (Å²) >= 11 is 5.85. The lowest BCUT2D eigenvalue weighted by Gasteiger charge is -2.02. The molecule has 7 nitrogen and oxygen atoms in total. The average molecular weight is 268 g/mol. The summed E-state index contributed by atoms with van der Waals surface area (Å²) in [6.07, 6.45) is 1.33. The van der Waals surface area contributed by atoms with Crippen molar-refractivity contribution in [2.75, 3.05) is 0 Å². The molecule has 0 spiro atoms. The molecule has 18 heavy (non-hydrogen) atoms. The zero-order valence-corrected chi connectivity index (χ0v) is 9.30. The molecule has 0 saturated carbocycles. The molecule has 0 amide bonds. The molecule has 1 aromatic carbocycles. The molecule has 9 heteroatoms. The minimum Gasteiger partial charge on any atom is -0.277 e. The van der Waals surface area contributed by atoms with E-state index in [2.05, 4.69) is 15.2 Å². The first-order chi connectivity index (χ1) is 8.58. The van der Waals surface area contributed by atoms with Gasteiger partial charge < -0.3 is 0 Å². The number of hydrogen-bond donors (Lipinski definition) is 0. The Labute approximate surface area is 103 Å². The van der Waals surface area contributed by atoms with E-state index in [0.717, 1.165) is 12.1 Å². The van der Waals surface area contributed by atoms with Gasteiger partial charge in [0, 0.05) is 12.1 Å². The second-order valence-electron chi connectivity index (χ2n) is 3.48. The van der Waals surface area contributed by atoms with Gasteiger partial charge in [0.05, 0.1) is 16.0 Å². The number of hydrogen-bond acceptors (Lipinski definition) is 5. The summed E-state index contributed by atoms with van der Waals surface area (Å²) in [6, 6.07) is 2.03. The van der Waals surface area contributed by atoms with Crippen LogP contribution in [0.1, 0.15) is 0 Å². The van der Waals surface area contributed by atoms with Crippen molar-refractivity contribution in [3.63, 3.8) is 0 Å². The standard InChI is InChI=1S/C9H3ClFN5O2/c10-8-9-14-12-3-15(9)7-1-4(11)6(16(17)18)2-5(7)13-8/h1-3H. The predicted octanol–water partition coefficient (Wildman–Crippen LogP) is 1.98. The second kappa shape index (κ2) is 3.57. The van der Waals surface area contributed by atoms with Crippen LogP contribution < -0.4 is 0 Å². The van der Waals surface area contributed by atoms with Crippen molar-refractivity contribution in [2.24, 2.45) is 0 Å². The van der Waals surface area contributed by atoms with Crippen molar-refractivity contribution in [1.82, 2.24) is 19.6 Å². The van der Waals surface area contributed by atoms with E-state index in [4.69, 9.17) is 11.6 Å². The van der Waals surface area contributed by atoms with E-state index < -0.39 is 16.4 Å². The Bertz CT molecular complexity index is 802. The number of rotatable bonds is 1. The van der Waals surface area contributed by atoms with Crippen LogP contribution in [0.25, 0.3) is 16.7 Å². The Morgan fingerprint density at radius 2 is 2.22 bits per heavy atom. The molecule has 2 aromatic heterocycles. The molecule has 0 fully saturated rings. The van der Waals surface area contributed by atoms with Crippen LogP contribution in [0.15, 0.2) is 18.5 Å². The lowest BCUT2D eigenvalue weighted by molar-refractivity contribution is -0.387. The molecule has 0 radical (unpaired) electrons. The third-order valence-electron chi connectivity index (χ3n) is 2.45. The van der Waals surface area contributed by atoms with E-state index in [1.807, 2.05) is 0 Å². The zero-order chi connectivity index (χ0) is 12.9. The normalized spacial score (nSPS) is 11.2. The summed E-state index contributed by atoms with van der Waals surface area (Å²) in [6.45, 7) is 0. The van der Waals surface area contributed by atoms with Crippen molar-refractivity contribution < 1.29 is 9.31 Å². The quantitative estimate of drug-likeness (QED) is 0.497. The van der Waals surface area contributed by atoms with Crippen LogP contribution in [-0.4, -0.2) is 24.5 Å². The number of nitro groups is 1. The zero-order valence-electron chi connectivity index (χ0n) is 8.54. The topological polar surface area (TPSA) is 86.2 Å². The van der Waals surface area contributed by atoms with Crippen molar-refractivity contribution in [2.45, 2.75) is 0 Å². The van der Waals surface area contributed by atoms with E-state index >= 15 is 0 Å². The first-order valence-electron chi connectivity index (χ1n) is 4.71. The van der Waals surface area contributed by atoms with E-state index in [9.17, 15) is 14.5 Å². The highest BCUT2D eigenvalue weighted by Gasteiger charge is 2.18. The van der Waals surface area contributed by atoms with Gasteiger partial charge in [-0.15, -0.1) is 10.2 Å². The molecule has 0 unspecified atom stereocenters. The maximum Gasteiger partial charge on any atom is 0.307 e. The molecule has 3 aromatic rings. The molecule has 2 heterocycles. The number of benzene rings is 1. The van der Waals surface area contributed by atoms with Crippen molar-refractivity contribution in [3.05, 3.63) is 39.5 Å². The van der Waals surface area contributed by atoms with Crippen LogP contribution in [0, 0.1) is 15.9 Å². The molecule has 0 aliphatic rings. The summed E-state index contributed by atoms with van der Waals surface area (Å²) in [4.78, 5) is 13.7. The molecule has 0 atom stereocenters. The number of halogens is 2. The number of nitro benzene ring substituents is 1. The van der Waals surface area contributed by atoms with Crippen LogP contribution in [0.4, 0.5) is 10.1 Å². The highest BCUT2D eigenvalue weighted by molar-refractivity contribution is 6.32. The van der Waals surface area contributed by atoms with Crippen LogP contribution in [0.3, 0.4) is 0 Å². The van der Waals surface area contributed by atoms with Gasteiger partial charge in [0.2, 0.25) is 5.82 Å². The Kier molecular flexibility index (Phi) is 2.14. The number of fused-ring (bicyclic) bond motifs is 3. The third-order valence-corrected chi connectivity index (χ3v) is 2.70. The van der Waals surface area contributed by atoms with E-state index in [0.29, 0.717) is 5.52 Å². The molecule has 0 N–H and O–H groups in total. The van der Waals surface area contributed by atoms with Gasteiger partial charge in [-0.25, -0.2) is 4.98 Å². The first-order valence-corrected chi connectivity index (χ1v) is 5.08. The van der Waals surface area contributed by atoms with Crippen LogP contribution in [0.2, 0.25) is 5.15 Å². The van der Waals surface area contributed by atoms with Gasteiger partial charge in [0.15, 0.2) is 10.8 Å². The Balaban J connectivity index is 2.50. The van der Waals surface area contributed by atoms with E-state index in [-0.39, 0.29) is 16.3 Å². The van der Waals surface area contributed by atoms with Gasteiger partial charge >= 0.3 is 5.69 Å². The van der Waals surface area contributed by atoms with Crippen LogP contribution >= 0.6 is 11.6 Å². The van der Waals surface area contributed by atoms with E-state index in [1.54, 1.807) is 0 Å². The second-order valence-corrected chi connectivity index (χ2v) is 3.83. The van der Waals surface area contributed by atoms with Crippen LogP contribution in [-0.2, 0) is 0 Å².